The van der Waals surface area contributed by atoms with E-state index in [1.165, 1.54) is 24.3 Å². The molecule has 1 aliphatic heterocycles. The van der Waals surface area contributed by atoms with Gasteiger partial charge in [-0.25, -0.2) is 8.42 Å². The van der Waals surface area contributed by atoms with Crippen molar-refractivity contribution in [2.24, 2.45) is 5.92 Å². The summed E-state index contributed by atoms with van der Waals surface area (Å²) in [5.74, 6) is -0.648. The molecule has 0 spiro atoms. The minimum absolute atomic E-state index is 0.0123. The molecule has 3 atom stereocenters. The van der Waals surface area contributed by atoms with E-state index in [9.17, 15) is 23.4 Å². The Hall–Kier alpha value is -1.64. The third kappa shape index (κ3) is 3.45. The first kappa shape index (κ1) is 19.1. The first-order valence-electron chi connectivity index (χ1n) is 9.03. The molecule has 3 rings (SSSR count). The highest BCUT2D eigenvalue weighted by Gasteiger charge is 2.53. The zero-order valence-electron chi connectivity index (χ0n) is 14.7. The van der Waals surface area contributed by atoms with E-state index in [2.05, 4.69) is 0 Å². The predicted molar refractivity (Wildman–Crippen MR) is 93.9 cm³/mol. The van der Waals surface area contributed by atoms with Crippen LogP contribution in [0.4, 0.5) is 0 Å². The van der Waals surface area contributed by atoms with E-state index in [4.69, 9.17) is 4.74 Å². The third-order valence-corrected chi connectivity index (χ3v) is 7.23. The van der Waals surface area contributed by atoms with E-state index in [0.29, 0.717) is 0 Å². The second-order valence-corrected chi connectivity index (χ2v) is 8.78. The topological polar surface area (TPSA) is 104 Å². The van der Waals surface area contributed by atoms with E-state index >= 15 is 0 Å². The molecule has 0 bridgehead atoms. The van der Waals surface area contributed by atoms with Gasteiger partial charge in [-0.1, -0.05) is 12.8 Å². The Morgan fingerprint density at radius 3 is 2.42 bits per heavy atom. The number of carbonyl (C=O) groups is 1. The number of phenolic OH excluding ortho intramolecular Hbond substituents is 1. The van der Waals surface area contributed by atoms with Crippen molar-refractivity contribution in [1.82, 2.24) is 4.31 Å². The van der Waals surface area contributed by atoms with Gasteiger partial charge in [0.1, 0.15) is 11.8 Å². The van der Waals surface area contributed by atoms with E-state index in [0.717, 1.165) is 30.0 Å². The normalized spacial score (nSPS) is 27.7. The summed E-state index contributed by atoms with van der Waals surface area (Å²) in [5, 5.41) is 20.0. The summed E-state index contributed by atoms with van der Waals surface area (Å²) in [7, 11) is -4.03. The van der Waals surface area contributed by atoms with Gasteiger partial charge in [0.25, 0.3) is 0 Å². The fraction of sp³-hybridized carbons (Fsp3) is 0.611. The Balaban J connectivity index is 2.02. The standard InChI is InChI=1S/C18H25NO6S/c1-2-25-18(22)15-11-16(21)17(12-5-3-4-6-12)19(15)26(23,24)14-9-7-13(20)8-10-14/h7-10,12,15-17,20-21H,2-6,11H2,1H3/t15-,16+,17?/m1/s1. The Morgan fingerprint density at radius 2 is 1.85 bits per heavy atom. The number of phenols is 1. The summed E-state index contributed by atoms with van der Waals surface area (Å²) in [6.45, 7) is 1.81. The molecule has 1 saturated carbocycles. The van der Waals surface area contributed by atoms with Gasteiger partial charge in [0.15, 0.2) is 0 Å². The largest absolute Gasteiger partial charge is 0.508 e. The average Bonchev–Trinajstić information content (AvgIpc) is 3.22. The van der Waals surface area contributed by atoms with Crippen LogP contribution < -0.4 is 0 Å². The summed E-state index contributed by atoms with van der Waals surface area (Å²) in [5.41, 5.74) is 0. The van der Waals surface area contributed by atoms with Gasteiger partial charge in [0, 0.05) is 6.42 Å². The highest BCUT2D eigenvalue weighted by atomic mass is 32.2. The molecule has 0 amide bonds. The minimum Gasteiger partial charge on any atom is -0.508 e. The smallest absolute Gasteiger partial charge is 0.324 e. The fourth-order valence-corrected chi connectivity index (χ4v) is 6.04. The lowest BCUT2D eigenvalue weighted by Crippen LogP contribution is -2.49. The van der Waals surface area contributed by atoms with E-state index in [-0.39, 0.29) is 29.6 Å². The summed E-state index contributed by atoms with van der Waals surface area (Å²) in [4.78, 5) is 12.4. The number of sulfonamides is 1. The van der Waals surface area contributed by atoms with E-state index in [1.54, 1.807) is 6.92 Å². The molecule has 7 nitrogen and oxygen atoms in total. The lowest BCUT2D eigenvalue weighted by Gasteiger charge is -2.32. The molecule has 2 aliphatic rings. The molecule has 1 aromatic rings. The van der Waals surface area contributed by atoms with Crippen LogP contribution in [0.15, 0.2) is 29.2 Å². The van der Waals surface area contributed by atoms with Crippen molar-refractivity contribution in [3.05, 3.63) is 24.3 Å². The van der Waals surface area contributed by atoms with Crippen molar-refractivity contribution in [3.8, 4) is 5.75 Å². The number of benzene rings is 1. The molecule has 1 aromatic carbocycles. The van der Waals surface area contributed by atoms with Crippen molar-refractivity contribution in [2.75, 3.05) is 6.61 Å². The molecule has 2 fully saturated rings. The number of aromatic hydroxyl groups is 1. The van der Waals surface area contributed by atoms with Crippen LogP contribution in [0.2, 0.25) is 0 Å². The number of hydrogen-bond acceptors (Lipinski definition) is 6. The maximum Gasteiger partial charge on any atom is 0.324 e. The lowest BCUT2D eigenvalue weighted by atomic mass is 9.95. The van der Waals surface area contributed by atoms with Gasteiger partial charge in [-0.2, -0.15) is 4.31 Å². The summed E-state index contributed by atoms with van der Waals surface area (Å²) >= 11 is 0. The van der Waals surface area contributed by atoms with Crippen molar-refractivity contribution in [1.29, 1.82) is 0 Å². The van der Waals surface area contributed by atoms with Gasteiger partial charge in [0.2, 0.25) is 10.0 Å². The maximum absolute atomic E-state index is 13.3. The molecule has 1 aliphatic carbocycles. The highest BCUT2D eigenvalue weighted by Crippen LogP contribution is 2.41. The maximum atomic E-state index is 13.3. The van der Waals surface area contributed by atoms with Crippen molar-refractivity contribution in [2.45, 2.75) is 62.1 Å². The van der Waals surface area contributed by atoms with Crippen molar-refractivity contribution >= 4 is 16.0 Å². The predicted octanol–water partition coefficient (Wildman–Crippen LogP) is 1.64. The van der Waals surface area contributed by atoms with Crippen LogP contribution in [0.25, 0.3) is 0 Å². The van der Waals surface area contributed by atoms with Gasteiger partial charge < -0.3 is 14.9 Å². The first-order chi connectivity index (χ1) is 12.4. The van der Waals surface area contributed by atoms with Crippen molar-refractivity contribution < 1.29 is 28.2 Å². The van der Waals surface area contributed by atoms with Crippen LogP contribution in [-0.2, 0) is 19.6 Å². The zero-order valence-corrected chi connectivity index (χ0v) is 15.6. The Bertz CT molecular complexity index is 741. The number of carbonyl (C=O) groups excluding carboxylic acids is 1. The summed E-state index contributed by atoms with van der Waals surface area (Å²) in [6.07, 6.45) is 2.78. The second kappa shape index (κ2) is 7.54. The second-order valence-electron chi connectivity index (χ2n) is 6.93. The fourth-order valence-electron chi connectivity index (χ4n) is 4.18. The van der Waals surface area contributed by atoms with Gasteiger partial charge >= 0.3 is 5.97 Å². The molecule has 1 saturated heterocycles. The molecule has 1 heterocycles. The highest BCUT2D eigenvalue weighted by molar-refractivity contribution is 7.89. The Kier molecular flexibility index (Phi) is 5.55. The number of ether oxygens (including phenoxy) is 1. The molecule has 0 aromatic heterocycles. The molecule has 1 unspecified atom stereocenters. The number of aliphatic hydroxyl groups excluding tert-OH is 1. The number of aliphatic hydroxyl groups is 1. The molecular formula is C18H25NO6S. The number of esters is 1. The summed E-state index contributed by atoms with van der Waals surface area (Å²) < 4.78 is 32.8. The quantitative estimate of drug-likeness (QED) is 0.749. The van der Waals surface area contributed by atoms with Gasteiger partial charge in [-0.15, -0.1) is 0 Å². The lowest BCUT2D eigenvalue weighted by molar-refractivity contribution is -0.147. The van der Waals surface area contributed by atoms with Crippen LogP contribution >= 0.6 is 0 Å². The Morgan fingerprint density at radius 1 is 1.23 bits per heavy atom. The monoisotopic (exact) mass is 383 g/mol. The molecule has 0 radical (unpaired) electrons. The molecule has 144 valence electrons. The van der Waals surface area contributed by atoms with Crippen LogP contribution in [0.1, 0.15) is 39.0 Å². The molecule has 8 heteroatoms. The molecule has 2 N–H and O–H groups in total. The zero-order chi connectivity index (χ0) is 18.9. The van der Waals surface area contributed by atoms with Crippen LogP contribution in [0.3, 0.4) is 0 Å². The summed E-state index contributed by atoms with van der Waals surface area (Å²) in [6, 6.07) is 3.54. The average molecular weight is 383 g/mol. The first-order valence-corrected chi connectivity index (χ1v) is 10.5. The van der Waals surface area contributed by atoms with E-state index in [1.807, 2.05) is 0 Å². The van der Waals surface area contributed by atoms with Crippen LogP contribution in [-0.4, -0.2) is 53.7 Å². The Labute approximate surface area is 153 Å². The van der Waals surface area contributed by atoms with Gasteiger partial charge in [-0.05, 0) is 49.9 Å². The third-order valence-electron chi connectivity index (χ3n) is 5.31. The minimum atomic E-state index is -4.03. The number of hydrogen-bond donors (Lipinski definition) is 2. The molecule has 26 heavy (non-hydrogen) atoms. The number of rotatable bonds is 5. The van der Waals surface area contributed by atoms with Crippen molar-refractivity contribution in [3.63, 3.8) is 0 Å². The van der Waals surface area contributed by atoms with Gasteiger partial charge in [-0.3, -0.25) is 4.79 Å². The van der Waals surface area contributed by atoms with E-state index < -0.39 is 34.2 Å². The van der Waals surface area contributed by atoms with Gasteiger partial charge in [0.05, 0.1) is 23.6 Å². The molecular weight excluding hydrogens is 358 g/mol. The number of nitrogens with zero attached hydrogens (tertiary/aromatic N) is 1. The van der Waals surface area contributed by atoms with Crippen LogP contribution in [0, 0.1) is 5.92 Å². The van der Waals surface area contributed by atoms with Crippen LogP contribution in [0.5, 0.6) is 5.75 Å². The SMILES string of the molecule is CCOC(=O)[C@H]1C[C@H](O)C(C2CCCC2)N1S(=O)(=O)c1ccc(O)cc1.